The Balaban J connectivity index is 2.68. The predicted molar refractivity (Wildman–Crippen MR) is 53.4 cm³/mol. The summed E-state index contributed by atoms with van der Waals surface area (Å²) in [6.45, 7) is 1.98. The van der Waals surface area contributed by atoms with E-state index < -0.39 is 11.2 Å². The first-order valence-electron chi connectivity index (χ1n) is 3.72. The van der Waals surface area contributed by atoms with Gasteiger partial charge in [0.1, 0.15) is 4.32 Å². The van der Waals surface area contributed by atoms with E-state index in [1.165, 1.54) is 4.90 Å². The summed E-state index contributed by atoms with van der Waals surface area (Å²) in [7, 11) is 1.55. The average Bonchev–Trinajstić information content (AvgIpc) is 2.33. The second-order valence-electron chi connectivity index (χ2n) is 2.41. The number of hydrogen-bond donors (Lipinski definition) is 0. The molecule has 1 aliphatic heterocycles. The fourth-order valence-electron chi connectivity index (χ4n) is 0.863. The van der Waals surface area contributed by atoms with E-state index in [1.807, 2.05) is 0 Å². The molecule has 1 unspecified atom stereocenters. The number of thiocarbonyl (C=S) groups is 1. The molecule has 0 radical (unpaired) electrons. The minimum absolute atomic E-state index is 0.277. The van der Waals surface area contributed by atoms with Crippen LogP contribution >= 0.6 is 24.0 Å². The lowest BCUT2D eigenvalue weighted by molar-refractivity contribution is -0.145. The van der Waals surface area contributed by atoms with Gasteiger partial charge in [-0.15, -0.1) is 0 Å². The van der Waals surface area contributed by atoms with E-state index in [0.29, 0.717) is 4.32 Å². The minimum Gasteiger partial charge on any atom is -0.465 e. The van der Waals surface area contributed by atoms with Gasteiger partial charge in [-0.25, -0.2) is 0 Å². The summed E-state index contributed by atoms with van der Waals surface area (Å²) in [6, 6.07) is 0. The number of esters is 1. The monoisotopic (exact) mass is 219 g/mol. The van der Waals surface area contributed by atoms with Crippen molar-refractivity contribution in [2.24, 2.45) is 0 Å². The number of rotatable bonds is 2. The molecule has 0 N–H and O–H groups in total. The molecular weight excluding hydrogens is 210 g/mol. The molecule has 1 aliphatic rings. The number of ether oxygens (including phenoxy) is 1. The molecule has 0 aromatic carbocycles. The topological polar surface area (TPSA) is 46.6 Å². The molecule has 0 aromatic rings. The molecule has 0 spiro atoms. The Kier molecular flexibility index (Phi) is 3.27. The number of carbonyl (C=O) groups is 2. The van der Waals surface area contributed by atoms with E-state index in [0.717, 1.165) is 11.8 Å². The summed E-state index contributed by atoms with van der Waals surface area (Å²) < 4.78 is 5.15. The van der Waals surface area contributed by atoms with E-state index in [4.69, 9.17) is 17.0 Å². The zero-order valence-corrected chi connectivity index (χ0v) is 8.91. The Morgan fingerprint density at radius 3 is 2.77 bits per heavy atom. The van der Waals surface area contributed by atoms with E-state index in [9.17, 15) is 9.59 Å². The molecule has 0 aromatic heterocycles. The molecule has 1 amide bonds. The highest BCUT2D eigenvalue weighted by Gasteiger charge is 2.40. The Bertz CT molecular complexity index is 266. The third-order valence-electron chi connectivity index (χ3n) is 1.55. The molecule has 1 rings (SSSR count). The molecule has 1 heterocycles. The molecule has 1 fully saturated rings. The highest BCUT2D eigenvalue weighted by Crippen LogP contribution is 2.26. The van der Waals surface area contributed by atoms with Crippen molar-refractivity contribution >= 4 is 40.2 Å². The van der Waals surface area contributed by atoms with Crippen molar-refractivity contribution in [3.63, 3.8) is 0 Å². The summed E-state index contributed by atoms with van der Waals surface area (Å²) in [5.74, 6) is -0.808. The molecule has 72 valence electrons. The first-order chi connectivity index (χ1) is 6.07. The molecule has 0 bridgehead atoms. The summed E-state index contributed by atoms with van der Waals surface area (Å²) in [6.07, 6.45) is 0. The van der Waals surface area contributed by atoms with Crippen LogP contribution in [-0.2, 0) is 14.3 Å². The van der Waals surface area contributed by atoms with Gasteiger partial charge in [0.05, 0.1) is 6.61 Å². The third-order valence-corrected chi connectivity index (χ3v) is 3.22. The maximum absolute atomic E-state index is 11.3. The van der Waals surface area contributed by atoms with Crippen molar-refractivity contribution in [1.82, 2.24) is 4.90 Å². The van der Waals surface area contributed by atoms with Crippen molar-refractivity contribution < 1.29 is 14.3 Å². The number of hydrogen-bond acceptors (Lipinski definition) is 5. The van der Waals surface area contributed by atoms with E-state index >= 15 is 0 Å². The lowest BCUT2D eigenvalue weighted by atomic mass is 10.4. The highest BCUT2D eigenvalue weighted by molar-refractivity contribution is 8.24. The normalized spacial score (nSPS) is 22.3. The second kappa shape index (κ2) is 4.06. The van der Waals surface area contributed by atoms with Gasteiger partial charge in [-0.2, -0.15) is 0 Å². The molecule has 1 saturated heterocycles. The standard InChI is InChI=1S/C7H9NO3S2/c1-3-11-6(10)4-5(9)8(2)7(12)13-4/h4H,3H2,1-2H3. The average molecular weight is 219 g/mol. The van der Waals surface area contributed by atoms with Crippen molar-refractivity contribution in [3.05, 3.63) is 0 Å². The van der Waals surface area contributed by atoms with Crippen LogP contribution in [0.15, 0.2) is 0 Å². The van der Waals surface area contributed by atoms with Gasteiger partial charge in [0.25, 0.3) is 5.91 Å². The Hall–Kier alpha value is -0.620. The summed E-state index contributed by atoms with van der Waals surface area (Å²) in [4.78, 5) is 23.8. The predicted octanol–water partition coefficient (Wildman–Crippen LogP) is 0.408. The molecule has 4 nitrogen and oxygen atoms in total. The highest BCUT2D eigenvalue weighted by atomic mass is 32.2. The summed E-state index contributed by atoms with van der Waals surface area (Å²) >= 11 is 5.92. The van der Waals surface area contributed by atoms with Crippen LogP contribution in [0.1, 0.15) is 6.92 Å². The molecule has 1 atom stereocenters. The van der Waals surface area contributed by atoms with Crippen molar-refractivity contribution in [2.75, 3.05) is 13.7 Å². The first kappa shape index (κ1) is 10.5. The van der Waals surface area contributed by atoms with Crippen LogP contribution in [0.5, 0.6) is 0 Å². The second-order valence-corrected chi connectivity index (χ2v) is 4.15. The van der Waals surface area contributed by atoms with Gasteiger partial charge in [0.2, 0.25) is 0 Å². The van der Waals surface area contributed by atoms with Crippen LogP contribution < -0.4 is 0 Å². The van der Waals surface area contributed by atoms with Crippen molar-refractivity contribution in [1.29, 1.82) is 0 Å². The molecule has 0 saturated carbocycles. The fourth-order valence-corrected chi connectivity index (χ4v) is 2.11. The van der Waals surface area contributed by atoms with Gasteiger partial charge < -0.3 is 4.74 Å². The minimum atomic E-state index is -0.794. The van der Waals surface area contributed by atoms with Gasteiger partial charge in [-0.05, 0) is 6.92 Å². The van der Waals surface area contributed by atoms with Crippen molar-refractivity contribution in [3.8, 4) is 0 Å². The first-order valence-corrected chi connectivity index (χ1v) is 5.01. The lowest BCUT2D eigenvalue weighted by Gasteiger charge is -2.06. The molecule has 6 heteroatoms. The quantitative estimate of drug-likeness (QED) is 0.382. The third kappa shape index (κ3) is 2.00. The van der Waals surface area contributed by atoms with Crippen molar-refractivity contribution in [2.45, 2.75) is 12.2 Å². The van der Waals surface area contributed by atoms with Gasteiger partial charge in [-0.3, -0.25) is 14.5 Å². The van der Waals surface area contributed by atoms with Crippen LogP contribution in [0, 0.1) is 0 Å². The maximum atomic E-state index is 11.3. The van der Waals surface area contributed by atoms with Gasteiger partial charge in [0, 0.05) is 7.05 Å². The number of amides is 1. The number of carbonyl (C=O) groups excluding carboxylic acids is 2. The van der Waals surface area contributed by atoms with Gasteiger partial charge in [0.15, 0.2) is 5.25 Å². The van der Waals surface area contributed by atoms with Gasteiger partial charge >= 0.3 is 5.97 Å². The zero-order valence-electron chi connectivity index (χ0n) is 7.27. The Morgan fingerprint density at radius 2 is 2.38 bits per heavy atom. The molecule has 0 aliphatic carbocycles. The van der Waals surface area contributed by atoms with Crippen LogP contribution in [0.4, 0.5) is 0 Å². The van der Waals surface area contributed by atoms with Crippen LogP contribution in [0.2, 0.25) is 0 Å². The van der Waals surface area contributed by atoms with E-state index in [2.05, 4.69) is 0 Å². The lowest BCUT2D eigenvalue weighted by Crippen LogP contribution is -2.32. The number of nitrogens with zero attached hydrogens (tertiary/aromatic N) is 1. The van der Waals surface area contributed by atoms with Crippen LogP contribution in [0.25, 0.3) is 0 Å². The van der Waals surface area contributed by atoms with Crippen LogP contribution in [0.3, 0.4) is 0 Å². The van der Waals surface area contributed by atoms with Gasteiger partial charge in [-0.1, -0.05) is 24.0 Å². The summed E-state index contributed by atoms with van der Waals surface area (Å²) in [5.41, 5.74) is 0. The Morgan fingerprint density at radius 1 is 1.77 bits per heavy atom. The Labute approximate surface area is 85.6 Å². The van der Waals surface area contributed by atoms with E-state index in [1.54, 1.807) is 14.0 Å². The molecule has 13 heavy (non-hydrogen) atoms. The maximum Gasteiger partial charge on any atom is 0.329 e. The smallest absolute Gasteiger partial charge is 0.329 e. The zero-order chi connectivity index (χ0) is 10.0. The van der Waals surface area contributed by atoms with E-state index in [-0.39, 0.29) is 12.5 Å². The SMILES string of the molecule is CCOC(=O)C1SC(=S)N(C)C1=O. The summed E-state index contributed by atoms with van der Waals surface area (Å²) in [5, 5.41) is -0.794. The fraction of sp³-hybridized carbons (Fsp3) is 0.571. The largest absolute Gasteiger partial charge is 0.465 e. The number of thioether (sulfide) groups is 1. The van der Waals surface area contributed by atoms with Crippen LogP contribution in [-0.4, -0.2) is 40.0 Å². The molecular formula is C7H9NO3S2.